The molecular formula is C12H12N2O4. The van der Waals surface area contributed by atoms with Gasteiger partial charge >= 0.3 is 11.9 Å². The van der Waals surface area contributed by atoms with Gasteiger partial charge < -0.3 is 9.47 Å². The first-order valence-corrected chi connectivity index (χ1v) is 5.07. The van der Waals surface area contributed by atoms with Crippen LogP contribution in [-0.2, 0) is 19.1 Å². The summed E-state index contributed by atoms with van der Waals surface area (Å²) in [5.74, 6) is -1.34. The molecule has 0 aromatic rings. The molecule has 0 aliphatic heterocycles. The Morgan fingerprint density at radius 3 is 1.50 bits per heavy atom. The first-order valence-electron chi connectivity index (χ1n) is 5.07. The first kappa shape index (κ1) is 15.4. The van der Waals surface area contributed by atoms with Crippen molar-refractivity contribution >= 4 is 11.9 Å². The largest absolute Gasteiger partial charge is 0.416 e. The molecule has 0 atom stereocenters. The molecule has 6 nitrogen and oxygen atoms in total. The van der Waals surface area contributed by atoms with Crippen molar-refractivity contribution in [2.24, 2.45) is 0 Å². The van der Waals surface area contributed by atoms with E-state index in [1.54, 1.807) is 12.1 Å². The van der Waals surface area contributed by atoms with Gasteiger partial charge in [0.1, 0.15) is 12.1 Å². The zero-order chi connectivity index (χ0) is 14.0. The molecule has 0 amide bonds. The zero-order valence-corrected chi connectivity index (χ0v) is 10.1. The molecule has 0 saturated carbocycles. The molecule has 0 fully saturated rings. The van der Waals surface area contributed by atoms with E-state index in [4.69, 9.17) is 10.5 Å². The van der Waals surface area contributed by atoms with Crippen LogP contribution in [-0.4, -0.2) is 11.9 Å². The highest BCUT2D eigenvalue weighted by Crippen LogP contribution is 2.05. The molecule has 0 spiro atoms. The lowest BCUT2D eigenvalue weighted by Gasteiger charge is -1.98. The Bertz CT molecular complexity index is 419. The minimum atomic E-state index is -0.573. The summed E-state index contributed by atoms with van der Waals surface area (Å²) in [7, 11) is 0. The van der Waals surface area contributed by atoms with E-state index in [0.717, 1.165) is 0 Å². The average molecular weight is 248 g/mol. The van der Waals surface area contributed by atoms with Crippen LogP contribution in [0, 0.1) is 22.7 Å². The second-order valence-electron chi connectivity index (χ2n) is 3.12. The summed E-state index contributed by atoms with van der Waals surface area (Å²) in [4.78, 5) is 21.2. The van der Waals surface area contributed by atoms with Crippen LogP contribution in [0.4, 0.5) is 0 Å². The average Bonchev–Trinajstić information content (AvgIpc) is 2.30. The van der Waals surface area contributed by atoms with Crippen LogP contribution in [0.5, 0.6) is 0 Å². The quantitative estimate of drug-likeness (QED) is 0.317. The number of carbonyl (C=O) groups is 2. The Hall–Kier alpha value is -2.60. The van der Waals surface area contributed by atoms with Crippen LogP contribution in [0.2, 0.25) is 0 Å². The van der Waals surface area contributed by atoms with Gasteiger partial charge in [-0.05, 0) is 25.0 Å². The van der Waals surface area contributed by atoms with E-state index in [0.29, 0.717) is 12.8 Å². The highest BCUT2D eigenvalue weighted by atomic mass is 16.5. The number of carbonyl (C=O) groups excluding carboxylic acids is 2. The second-order valence-corrected chi connectivity index (χ2v) is 3.12. The predicted molar refractivity (Wildman–Crippen MR) is 60.2 cm³/mol. The van der Waals surface area contributed by atoms with Crippen LogP contribution in [0.15, 0.2) is 23.7 Å². The third-order valence-corrected chi connectivity index (χ3v) is 1.55. The Balaban J connectivity index is 4.33. The van der Waals surface area contributed by atoms with Crippen molar-refractivity contribution in [3.8, 4) is 12.1 Å². The standard InChI is InChI=1S/C12H12N2O4/c1-9(15)17-11(7-13)5-3-4-6-12(8-14)18-10(2)16/h5-6H,3-4H2,1-2H3/b11-5-,12-6-. The number of hydrogen-bond acceptors (Lipinski definition) is 6. The molecule has 0 rings (SSSR count). The molecule has 94 valence electrons. The number of nitriles is 2. The van der Waals surface area contributed by atoms with Gasteiger partial charge in [-0.15, -0.1) is 0 Å². The van der Waals surface area contributed by atoms with Gasteiger partial charge in [0.05, 0.1) is 0 Å². The van der Waals surface area contributed by atoms with Gasteiger partial charge in [0, 0.05) is 13.8 Å². The molecular weight excluding hydrogens is 236 g/mol. The van der Waals surface area contributed by atoms with E-state index in [1.807, 2.05) is 0 Å². The molecule has 0 heterocycles. The molecule has 0 unspecified atom stereocenters. The van der Waals surface area contributed by atoms with E-state index >= 15 is 0 Å². The smallest absolute Gasteiger partial charge is 0.308 e. The molecule has 6 heteroatoms. The van der Waals surface area contributed by atoms with Crippen molar-refractivity contribution in [3.63, 3.8) is 0 Å². The number of unbranched alkanes of at least 4 members (excludes halogenated alkanes) is 1. The lowest BCUT2D eigenvalue weighted by molar-refractivity contribution is -0.137. The minimum absolute atomic E-state index is 0.0955. The molecule has 0 saturated heterocycles. The van der Waals surface area contributed by atoms with Crippen LogP contribution in [0.3, 0.4) is 0 Å². The van der Waals surface area contributed by atoms with Crippen molar-refractivity contribution in [2.75, 3.05) is 0 Å². The maximum absolute atomic E-state index is 10.6. The zero-order valence-electron chi connectivity index (χ0n) is 10.1. The molecule has 0 aliphatic carbocycles. The Morgan fingerprint density at radius 1 is 0.944 bits per heavy atom. The lowest BCUT2D eigenvalue weighted by Crippen LogP contribution is -1.97. The van der Waals surface area contributed by atoms with Gasteiger partial charge in [0.2, 0.25) is 11.5 Å². The highest BCUT2D eigenvalue weighted by Gasteiger charge is 2.01. The van der Waals surface area contributed by atoms with Crippen LogP contribution < -0.4 is 0 Å². The fourth-order valence-electron chi connectivity index (χ4n) is 0.959. The Labute approximate surface area is 105 Å². The van der Waals surface area contributed by atoms with Crippen molar-refractivity contribution < 1.29 is 19.1 Å². The van der Waals surface area contributed by atoms with E-state index in [-0.39, 0.29) is 11.5 Å². The van der Waals surface area contributed by atoms with E-state index in [2.05, 4.69) is 9.47 Å². The molecule has 0 aliphatic rings. The summed E-state index contributed by atoms with van der Waals surface area (Å²) in [6.45, 7) is 2.39. The van der Waals surface area contributed by atoms with Crippen molar-refractivity contribution in [3.05, 3.63) is 23.7 Å². The Morgan fingerprint density at radius 2 is 1.28 bits per heavy atom. The van der Waals surface area contributed by atoms with E-state index in [9.17, 15) is 9.59 Å². The van der Waals surface area contributed by atoms with E-state index < -0.39 is 11.9 Å². The molecule has 0 aromatic heterocycles. The summed E-state index contributed by atoms with van der Waals surface area (Å²) >= 11 is 0. The van der Waals surface area contributed by atoms with Crippen LogP contribution in [0.25, 0.3) is 0 Å². The topological polar surface area (TPSA) is 100 Å². The normalized spacial score (nSPS) is 11.1. The molecule has 0 aromatic carbocycles. The van der Waals surface area contributed by atoms with Crippen LogP contribution >= 0.6 is 0 Å². The number of rotatable bonds is 5. The van der Waals surface area contributed by atoms with Crippen LogP contribution in [0.1, 0.15) is 26.7 Å². The monoisotopic (exact) mass is 248 g/mol. The van der Waals surface area contributed by atoms with Gasteiger partial charge in [0.25, 0.3) is 0 Å². The number of nitrogens with zero attached hydrogens (tertiary/aromatic N) is 2. The van der Waals surface area contributed by atoms with Gasteiger partial charge in [-0.1, -0.05) is 0 Å². The summed E-state index contributed by atoms with van der Waals surface area (Å²) in [6, 6.07) is 3.43. The fraction of sp³-hybridized carbons (Fsp3) is 0.333. The second kappa shape index (κ2) is 8.54. The Kier molecular flexibility index (Phi) is 7.31. The third-order valence-electron chi connectivity index (χ3n) is 1.55. The number of allylic oxidation sites excluding steroid dienone is 4. The summed E-state index contributed by atoms with van der Waals surface area (Å²) in [5.41, 5.74) is 0. The molecule has 0 radical (unpaired) electrons. The number of ether oxygens (including phenoxy) is 2. The molecule has 0 N–H and O–H groups in total. The number of hydrogen-bond donors (Lipinski definition) is 0. The molecule has 18 heavy (non-hydrogen) atoms. The number of esters is 2. The lowest BCUT2D eigenvalue weighted by atomic mass is 10.2. The maximum atomic E-state index is 10.6. The van der Waals surface area contributed by atoms with Crippen molar-refractivity contribution in [1.29, 1.82) is 10.5 Å². The first-order chi connectivity index (χ1) is 8.49. The summed E-state index contributed by atoms with van der Waals surface area (Å²) in [6.07, 6.45) is 3.59. The minimum Gasteiger partial charge on any atom is -0.416 e. The highest BCUT2D eigenvalue weighted by molar-refractivity contribution is 5.68. The SMILES string of the molecule is CC(=O)O/C(C#N)=C\CC/C=C(/C#N)OC(C)=O. The van der Waals surface area contributed by atoms with Gasteiger partial charge in [-0.2, -0.15) is 10.5 Å². The van der Waals surface area contributed by atoms with Gasteiger partial charge in [-0.25, -0.2) is 0 Å². The fourth-order valence-corrected chi connectivity index (χ4v) is 0.959. The summed E-state index contributed by atoms with van der Waals surface area (Å²) < 4.78 is 9.17. The van der Waals surface area contributed by atoms with Crippen molar-refractivity contribution in [2.45, 2.75) is 26.7 Å². The van der Waals surface area contributed by atoms with Crippen molar-refractivity contribution in [1.82, 2.24) is 0 Å². The maximum Gasteiger partial charge on any atom is 0.308 e. The molecule has 0 bridgehead atoms. The third kappa shape index (κ3) is 7.66. The van der Waals surface area contributed by atoms with Gasteiger partial charge in [-0.3, -0.25) is 9.59 Å². The summed E-state index contributed by atoms with van der Waals surface area (Å²) in [5, 5.41) is 17.2. The van der Waals surface area contributed by atoms with E-state index in [1.165, 1.54) is 26.0 Å². The predicted octanol–water partition coefficient (Wildman–Crippen LogP) is 1.71. The van der Waals surface area contributed by atoms with Gasteiger partial charge in [0.15, 0.2) is 0 Å².